The first-order valence-corrected chi connectivity index (χ1v) is 7.15. The monoisotopic (exact) mass is 280 g/mol. The summed E-state index contributed by atoms with van der Waals surface area (Å²) in [5.41, 5.74) is 6.49. The predicted molar refractivity (Wildman–Crippen MR) is 78.8 cm³/mol. The van der Waals surface area contributed by atoms with Crippen LogP contribution in [0.5, 0.6) is 5.75 Å². The first-order valence-electron chi connectivity index (χ1n) is 7.15. The second kappa shape index (κ2) is 7.47. The van der Waals surface area contributed by atoms with Crippen molar-refractivity contribution in [1.82, 2.24) is 4.90 Å². The Morgan fingerprint density at radius 1 is 1.40 bits per heavy atom. The number of anilines is 1. The minimum absolute atomic E-state index is 0.0653. The quantitative estimate of drug-likeness (QED) is 0.604. The van der Waals surface area contributed by atoms with Gasteiger partial charge in [-0.05, 0) is 25.5 Å². The topological polar surface area (TPSA) is 68.0 Å². The average molecular weight is 280 g/mol. The zero-order valence-corrected chi connectivity index (χ0v) is 12.0. The van der Waals surface area contributed by atoms with Crippen molar-refractivity contribution in [3.63, 3.8) is 0 Å². The zero-order chi connectivity index (χ0) is 14.4. The molecular formula is C15H24N2O3. The molecule has 0 spiro atoms. The molecular weight excluding hydrogens is 256 g/mol. The molecule has 0 aromatic heterocycles. The largest absolute Gasteiger partial charge is 0.491 e. The molecule has 0 bridgehead atoms. The highest BCUT2D eigenvalue weighted by molar-refractivity contribution is 5.51. The lowest BCUT2D eigenvalue weighted by Crippen LogP contribution is -2.48. The molecule has 1 aromatic carbocycles. The molecule has 5 heteroatoms. The highest BCUT2D eigenvalue weighted by Crippen LogP contribution is 2.19. The lowest BCUT2D eigenvalue weighted by Gasteiger charge is -2.36. The molecule has 0 saturated carbocycles. The van der Waals surface area contributed by atoms with E-state index in [0.717, 1.165) is 31.8 Å². The summed E-state index contributed by atoms with van der Waals surface area (Å²) in [6.45, 7) is 5.40. The molecule has 112 valence electrons. The lowest BCUT2D eigenvalue weighted by molar-refractivity contribution is -0.0955. The molecule has 1 saturated heterocycles. The minimum atomic E-state index is -0.0653. The fourth-order valence-electron chi connectivity index (χ4n) is 2.51. The fraction of sp³-hybridized carbons (Fsp3) is 0.600. The van der Waals surface area contributed by atoms with E-state index in [0.29, 0.717) is 12.3 Å². The summed E-state index contributed by atoms with van der Waals surface area (Å²) < 4.78 is 11.3. The highest BCUT2D eigenvalue weighted by atomic mass is 16.5. The smallest absolute Gasteiger partial charge is 0.142 e. The second-order valence-electron chi connectivity index (χ2n) is 5.25. The van der Waals surface area contributed by atoms with Crippen LogP contribution >= 0.6 is 0 Å². The molecule has 2 unspecified atom stereocenters. The molecule has 1 heterocycles. The Balaban J connectivity index is 1.69. The number of nitrogens with zero attached hydrogens (tertiary/aromatic N) is 1. The van der Waals surface area contributed by atoms with Crippen LogP contribution in [0.2, 0.25) is 0 Å². The summed E-state index contributed by atoms with van der Waals surface area (Å²) in [7, 11) is 0. The first kappa shape index (κ1) is 15.1. The van der Waals surface area contributed by atoms with Crippen molar-refractivity contribution >= 4 is 5.69 Å². The van der Waals surface area contributed by atoms with Gasteiger partial charge in [0, 0.05) is 19.6 Å². The molecule has 1 aliphatic heterocycles. The third-order valence-corrected chi connectivity index (χ3v) is 3.40. The number of aliphatic hydroxyl groups excluding tert-OH is 1. The Hall–Kier alpha value is -1.30. The van der Waals surface area contributed by atoms with Crippen LogP contribution in [-0.2, 0) is 4.74 Å². The summed E-state index contributed by atoms with van der Waals surface area (Å²) in [4.78, 5) is 2.31. The highest BCUT2D eigenvalue weighted by Gasteiger charge is 2.24. The van der Waals surface area contributed by atoms with E-state index in [1.165, 1.54) is 0 Å². The molecule has 1 aliphatic rings. The number of aliphatic hydroxyl groups is 1. The standard InChI is InChI=1S/C15H24N2O3/c1-12-9-17(10-13(11-18)20-12)7-4-8-19-15-6-3-2-5-14(15)16/h2-3,5-6,12-13,18H,4,7-11,16H2,1H3. The molecule has 0 aliphatic carbocycles. The van der Waals surface area contributed by atoms with E-state index in [2.05, 4.69) is 4.90 Å². The van der Waals surface area contributed by atoms with Gasteiger partial charge in [-0.1, -0.05) is 12.1 Å². The van der Waals surface area contributed by atoms with E-state index < -0.39 is 0 Å². The van der Waals surface area contributed by atoms with E-state index in [4.69, 9.17) is 15.2 Å². The van der Waals surface area contributed by atoms with Gasteiger partial charge in [-0.2, -0.15) is 0 Å². The summed E-state index contributed by atoms with van der Waals surface area (Å²) in [6, 6.07) is 7.53. The number of para-hydroxylation sites is 2. The van der Waals surface area contributed by atoms with Gasteiger partial charge in [-0.25, -0.2) is 0 Å². The van der Waals surface area contributed by atoms with Crippen LogP contribution in [0.15, 0.2) is 24.3 Å². The zero-order valence-electron chi connectivity index (χ0n) is 12.0. The second-order valence-corrected chi connectivity index (χ2v) is 5.25. The van der Waals surface area contributed by atoms with E-state index in [1.54, 1.807) is 0 Å². The predicted octanol–water partition coefficient (Wildman–Crippen LogP) is 1.12. The van der Waals surface area contributed by atoms with E-state index >= 15 is 0 Å². The number of hydrogen-bond donors (Lipinski definition) is 2. The number of rotatable bonds is 6. The van der Waals surface area contributed by atoms with Crippen molar-refractivity contribution in [2.24, 2.45) is 0 Å². The van der Waals surface area contributed by atoms with Crippen LogP contribution in [-0.4, -0.2) is 55.1 Å². The number of nitrogen functional groups attached to an aromatic ring is 1. The molecule has 20 heavy (non-hydrogen) atoms. The number of benzene rings is 1. The third-order valence-electron chi connectivity index (χ3n) is 3.40. The Morgan fingerprint density at radius 3 is 2.95 bits per heavy atom. The van der Waals surface area contributed by atoms with E-state index in [-0.39, 0.29) is 18.8 Å². The average Bonchev–Trinajstić information content (AvgIpc) is 2.44. The van der Waals surface area contributed by atoms with Gasteiger partial charge in [0.25, 0.3) is 0 Å². The van der Waals surface area contributed by atoms with Crippen LogP contribution in [0.25, 0.3) is 0 Å². The number of nitrogens with two attached hydrogens (primary N) is 1. The molecule has 1 fully saturated rings. The van der Waals surface area contributed by atoms with E-state index in [9.17, 15) is 5.11 Å². The molecule has 2 rings (SSSR count). The maximum atomic E-state index is 9.19. The summed E-state index contributed by atoms with van der Waals surface area (Å²) in [5.74, 6) is 0.746. The molecule has 2 atom stereocenters. The van der Waals surface area contributed by atoms with Crippen LogP contribution in [0.3, 0.4) is 0 Å². The minimum Gasteiger partial charge on any atom is -0.491 e. The number of ether oxygens (including phenoxy) is 2. The Bertz CT molecular complexity index is 414. The maximum Gasteiger partial charge on any atom is 0.142 e. The van der Waals surface area contributed by atoms with Gasteiger partial charge in [0.15, 0.2) is 0 Å². The van der Waals surface area contributed by atoms with Crippen molar-refractivity contribution in [3.05, 3.63) is 24.3 Å². The van der Waals surface area contributed by atoms with Gasteiger partial charge in [0.05, 0.1) is 31.1 Å². The van der Waals surface area contributed by atoms with Crippen molar-refractivity contribution in [3.8, 4) is 5.75 Å². The third kappa shape index (κ3) is 4.37. The molecule has 5 nitrogen and oxygen atoms in total. The van der Waals surface area contributed by atoms with Crippen molar-refractivity contribution in [1.29, 1.82) is 0 Å². The molecule has 0 amide bonds. The Morgan fingerprint density at radius 2 is 2.20 bits per heavy atom. The lowest BCUT2D eigenvalue weighted by atomic mass is 10.2. The van der Waals surface area contributed by atoms with Crippen molar-refractivity contribution in [2.75, 3.05) is 38.6 Å². The summed E-state index contributed by atoms with van der Waals surface area (Å²) in [6.07, 6.45) is 1.04. The van der Waals surface area contributed by atoms with Gasteiger partial charge >= 0.3 is 0 Å². The van der Waals surface area contributed by atoms with Crippen LogP contribution < -0.4 is 10.5 Å². The van der Waals surface area contributed by atoms with Gasteiger partial charge < -0.3 is 20.3 Å². The summed E-state index contributed by atoms with van der Waals surface area (Å²) >= 11 is 0. The van der Waals surface area contributed by atoms with Crippen molar-refractivity contribution < 1.29 is 14.6 Å². The maximum absolute atomic E-state index is 9.19. The van der Waals surface area contributed by atoms with Crippen molar-refractivity contribution in [2.45, 2.75) is 25.6 Å². The van der Waals surface area contributed by atoms with Crippen LogP contribution in [0, 0.1) is 0 Å². The van der Waals surface area contributed by atoms with E-state index in [1.807, 2.05) is 31.2 Å². The number of hydrogen-bond acceptors (Lipinski definition) is 5. The molecule has 1 aromatic rings. The normalized spacial score (nSPS) is 23.7. The van der Waals surface area contributed by atoms with Gasteiger partial charge in [0.2, 0.25) is 0 Å². The SMILES string of the molecule is CC1CN(CCCOc2ccccc2N)CC(CO)O1. The van der Waals surface area contributed by atoms with Gasteiger partial charge in [0.1, 0.15) is 5.75 Å². The van der Waals surface area contributed by atoms with Gasteiger partial charge in [-0.15, -0.1) is 0 Å². The molecule has 0 radical (unpaired) electrons. The van der Waals surface area contributed by atoms with Crippen LogP contribution in [0.4, 0.5) is 5.69 Å². The molecule has 3 N–H and O–H groups in total. The van der Waals surface area contributed by atoms with Crippen LogP contribution in [0.1, 0.15) is 13.3 Å². The first-order chi connectivity index (χ1) is 9.69. The fourth-order valence-corrected chi connectivity index (χ4v) is 2.51. The van der Waals surface area contributed by atoms with Gasteiger partial charge in [-0.3, -0.25) is 4.90 Å². The summed E-state index contributed by atoms with van der Waals surface area (Å²) in [5, 5.41) is 9.19. The Labute approximate surface area is 120 Å². The Kier molecular flexibility index (Phi) is 5.64. The number of morpholine rings is 1.